The molecule has 0 spiro atoms. The largest absolute Gasteiger partial charge is 0.494 e. The Labute approximate surface area is 154 Å². The van der Waals surface area contributed by atoms with Crippen molar-refractivity contribution in [1.29, 1.82) is 0 Å². The van der Waals surface area contributed by atoms with Crippen molar-refractivity contribution in [2.75, 3.05) is 27.2 Å². The van der Waals surface area contributed by atoms with Crippen LogP contribution in [-0.2, 0) is 10.0 Å². The van der Waals surface area contributed by atoms with E-state index >= 15 is 0 Å². The molecule has 1 fully saturated rings. The van der Waals surface area contributed by atoms with Crippen molar-refractivity contribution in [2.45, 2.75) is 23.8 Å². The van der Waals surface area contributed by atoms with E-state index in [1.165, 1.54) is 21.4 Å². The lowest BCUT2D eigenvalue weighted by atomic mass is 10.1. The van der Waals surface area contributed by atoms with E-state index in [9.17, 15) is 8.42 Å². The van der Waals surface area contributed by atoms with Crippen LogP contribution in [0.15, 0.2) is 41.6 Å². The van der Waals surface area contributed by atoms with E-state index in [2.05, 4.69) is 10.4 Å². The molecule has 3 rings (SSSR count). The van der Waals surface area contributed by atoms with Gasteiger partial charge in [0.25, 0.3) is 0 Å². The van der Waals surface area contributed by atoms with Crippen LogP contribution in [-0.4, -0.2) is 55.8 Å². The number of para-hydroxylation sites is 2. The highest BCUT2D eigenvalue weighted by Gasteiger charge is 2.30. The SMILES string of the molecule is COc1ccccc1-n1cc(S(=O)(=O)N(C)C2CCNCC2)cn1.Cl. The van der Waals surface area contributed by atoms with Crippen LogP contribution in [0.25, 0.3) is 5.69 Å². The van der Waals surface area contributed by atoms with Crippen molar-refractivity contribution < 1.29 is 13.2 Å². The molecule has 0 unspecified atom stereocenters. The Balaban J connectivity index is 0.00000225. The number of nitrogens with zero attached hydrogens (tertiary/aromatic N) is 3. The zero-order valence-electron chi connectivity index (χ0n) is 14.3. The molecule has 0 saturated carbocycles. The predicted octanol–water partition coefficient (Wildman–Crippen LogP) is 1.68. The summed E-state index contributed by atoms with van der Waals surface area (Å²) in [6.45, 7) is 1.68. The number of piperidine rings is 1. The van der Waals surface area contributed by atoms with Gasteiger partial charge in [-0.25, -0.2) is 13.1 Å². The first-order valence-electron chi connectivity index (χ1n) is 7.91. The smallest absolute Gasteiger partial charge is 0.246 e. The van der Waals surface area contributed by atoms with Crippen molar-refractivity contribution in [3.63, 3.8) is 0 Å². The third-order valence-corrected chi connectivity index (χ3v) is 6.25. The Morgan fingerprint density at radius 2 is 1.96 bits per heavy atom. The molecule has 0 amide bonds. The number of hydrogen-bond donors (Lipinski definition) is 1. The summed E-state index contributed by atoms with van der Waals surface area (Å²) in [6.07, 6.45) is 4.55. The van der Waals surface area contributed by atoms with Crippen molar-refractivity contribution >= 4 is 22.4 Å². The number of sulfonamides is 1. The molecule has 1 aromatic heterocycles. The van der Waals surface area contributed by atoms with E-state index in [0.29, 0.717) is 11.4 Å². The van der Waals surface area contributed by atoms with Gasteiger partial charge in [0.15, 0.2) is 0 Å². The lowest BCUT2D eigenvalue weighted by molar-refractivity contribution is 0.296. The molecule has 9 heteroatoms. The molecule has 0 bridgehead atoms. The molecule has 2 heterocycles. The average Bonchev–Trinajstić information content (AvgIpc) is 3.12. The Bertz CT molecular complexity index is 803. The molecule has 0 aliphatic carbocycles. The summed E-state index contributed by atoms with van der Waals surface area (Å²) in [5.41, 5.74) is 0.700. The minimum Gasteiger partial charge on any atom is -0.494 e. The molecule has 1 aliphatic rings. The fraction of sp³-hybridized carbons (Fsp3) is 0.438. The van der Waals surface area contributed by atoms with Crippen LogP contribution >= 0.6 is 12.4 Å². The Morgan fingerprint density at radius 3 is 2.64 bits per heavy atom. The maximum absolute atomic E-state index is 12.9. The third-order valence-electron chi connectivity index (χ3n) is 4.39. The zero-order chi connectivity index (χ0) is 17.2. The second-order valence-corrected chi connectivity index (χ2v) is 7.79. The van der Waals surface area contributed by atoms with Gasteiger partial charge in [0.1, 0.15) is 16.3 Å². The quantitative estimate of drug-likeness (QED) is 0.845. The monoisotopic (exact) mass is 386 g/mol. The number of benzene rings is 1. The van der Waals surface area contributed by atoms with Crippen LogP contribution < -0.4 is 10.1 Å². The number of hydrogen-bond acceptors (Lipinski definition) is 5. The highest BCUT2D eigenvalue weighted by Crippen LogP contribution is 2.25. The van der Waals surface area contributed by atoms with Gasteiger partial charge in [-0.1, -0.05) is 12.1 Å². The first-order valence-corrected chi connectivity index (χ1v) is 9.35. The Hall–Kier alpha value is -1.61. The van der Waals surface area contributed by atoms with Gasteiger partial charge in [-0.2, -0.15) is 9.40 Å². The number of nitrogens with one attached hydrogen (secondary N) is 1. The molecule has 2 aromatic rings. The third kappa shape index (κ3) is 3.98. The zero-order valence-corrected chi connectivity index (χ0v) is 15.9. The van der Waals surface area contributed by atoms with Crippen LogP contribution in [0.2, 0.25) is 0 Å². The van der Waals surface area contributed by atoms with Gasteiger partial charge in [0, 0.05) is 13.1 Å². The number of halogens is 1. The first kappa shape index (κ1) is 19.7. The van der Waals surface area contributed by atoms with E-state index in [1.54, 1.807) is 14.2 Å². The van der Waals surface area contributed by atoms with E-state index in [0.717, 1.165) is 25.9 Å². The van der Waals surface area contributed by atoms with Crippen LogP contribution in [0.1, 0.15) is 12.8 Å². The van der Waals surface area contributed by atoms with Crippen molar-refractivity contribution in [3.8, 4) is 11.4 Å². The Morgan fingerprint density at radius 1 is 1.28 bits per heavy atom. The molecule has 1 aliphatic heterocycles. The van der Waals surface area contributed by atoms with E-state index < -0.39 is 10.0 Å². The van der Waals surface area contributed by atoms with Gasteiger partial charge in [-0.3, -0.25) is 0 Å². The van der Waals surface area contributed by atoms with Gasteiger partial charge in [0.05, 0.1) is 19.5 Å². The summed E-state index contributed by atoms with van der Waals surface area (Å²) in [4.78, 5) is 0.189. The normalized spacial score (nSPS) is 15.8. The minimum absolute atomic E-state index is 0. The molecule has 0 atom stereocenters. The lowest BCUT2D eigenvalue weighted by Gasteiger charge is -2.30. The Kier molecular flexibility index (Phi) is 6.45. The predicted molar refractivity (Wildman–Crippen MR) is 98.2 cm³/mol. The lowest BCUT2D eigenvalue weighted by Crippen LogP contribution is -2.43. The molecule has 1 saturated heterocycles. The standard InChI is InChI=1S/C16H22N4O3S.ClH/c1-19(13-7-9-17-10-8-13)24(21,22)14-11-18-20(12-14)15-5-3-4-6-16(15)23-2;/h3-6,11-13,17H,7-10H2,1-2H3;1H. The van der Waals surface area contributed by atoms with Crippen LogP contribution in [0.4, 0.5) is 0 Å². The number of rotatable bonds is 5. The maximum Gasteiger partial charge on any atom is 0.246 e. The summed E-state index contributed by atoms with van der Waals surface area (Å²) in [7, 11) is -0.345. The fourth-order valence-electron chi connectivity index (χ4n) is 2.92. The number of aromatic nitrogens is 2. The second kappa shape index (κ2) is 8.18. The molecule has 0 radical (unpaired) electrons. The van der Waals surface area contributed by atoms with Gasteiger partial charge in [-0.05, 0) is 38.1 Å². The molecule has 138 valence electrons. The van der Waals surface area contributed by atoms with Crippen molar-refractivity contribution in [1.82, 2.24) is 19.4 Å². The van der Waals surface area contributed by atoms with Gasteiger partial charge < -0.3 is 10.1 Å². The van der Waals surface area contributed by atoms with Crippen LogP contribution in [0, 0.1) is 0 Å². The van der Waals surface area contributed by atoms with Crippen molar-refractivity contribution in [3.05, 3.63) is 36.7 Å². The molecular weight excluding hydrogens is 364 g/mol. The van der Waals surface area contributed by atoms with Crippen molar-refractivity contribution in [2.24, 2.45) is 0 Å². The maximum atomic E-state index is 12.9. The highest BCUT2D eigenvalue weighted by atomic mass is 35.5. The second-order valence-electron chi connectivity index (χ2n) is 5.79. The molecule has 7 nitrogen and oxygen atoms in total. The average molecular weight is 387 g/mol. The number of methoxy groups -OCH3 is 1. The van der Waals surface area contributed by atoms with Crippen LogP contribution in [0.5, 0.6) is 5.75 Å². The summed E-state index contributed by atoms with van der Waals surface area (Å²) >= 11 is 0. The van der Waals surface area contributed by atoms with E-state index in [1.807, 2.05) is 24.3 Å². The van der Waals surface area contributed by atoms with Gasteiger partial charge in [0.2, 0.25) is 10.0 Å². The summed E-state index contributed by atoms with van der Waals surface area (Å²) in [6, 6.07) is 7.37. The van der Waals surface area contributed by atoms with Gasteiger partial charge in [-0.15, -0.1) is 12.4 Å². The minimum atomic E-state index is -3.56. The van der Waals surface area contributed by atoms with Gasteiger partial charge >= 0.3 is 0 Å². The van der Waals surface area contributed by atoms with E-state index in [4.69, 9.17) is 4.74 Å². The first-order chi connectivity index (χ1) is 11.5. The summed E-state index contributed by atoms with van der Waals surface area (Å²) in [5.74, 6) is 0.635. The molecule has 1 aromatic carbocycles. The summed E-state index contributed by atoms with van der Waals surface area (Å²) in [5, 5.41) is 7.45. The summed E-state index contributed by atoms with van der Waals surface area (Å²) < 4.78 is 34.0. The van der Waals surface area contributed by atoms with E-state index in [-0.39, 0.29) is 23.3 Å². The fourth-order valence-corrected chi connectivity index (χ4v) is 4.27. The highest BCUT2D eigenvalue weighted by molar-refractivity contribution is 7.89. The van der Waals surface area contributed by atoms with Crippen LogP contribution in [0.3, 0.4) is 0 Å². The molecule has 25 heavy (non-hydrogen) atoms. The number of ether oxygens (including phenoxy) is 1. The molecular formula is C16H23ClN4O3S. The molecule has 1 N–H and O–H groups in total. The topological polar surface area (TPSA) is 76.5 Å².